The monoisotopic (exact) mass is 397 g/mol. The van der Waals surface area contributed by atoms with Gasteiger partial charge >= 0.3 is 5.97 Å². The summed E-state index contributed by atoms with van der Waals surface area (Å²) in [5.41, 5.74) is 0. The second-order valence-corrected chi connectivity index (χ2v) is 6.24. The van der Waals surface area contributed by atoms with Gasteiger partial charge in [0.2, 0.25) is 11.8 Å². The lowest BCUT2D eigenvalue weighted by Crippen LogP contribution is -2.37. The van der Waals surface area contributed by atoms with E-state index in [1.807, 2.05) is 0 Å². The number of carboxylic acid groups (broad SMARTS) is 1. The van der Waals surface area contributed by atoms with E-state index in [0.717, 1.165) is 4.90 Å². The lowest BCUT2D eigenvalue weighted by molar-refractivity contribution is -0.139. The number of rotatable bonds is 14. The molecule has 10 heteroatoms. The normalized spacial score (nSPS) is 13.1. The second kappa shape index (κ2) is 12.6. The van der Waals surface area contributed by atoms with Crippen LogP contribution in [0, 0.1) is 0 Å². The van der Waals surface area contributed by atoms with Gasteiger partial charge in [-0.3, -0.25) is 28.9 Å². The molecule has 1 aliphatic heterocycles. The molecule has 156 valence electrons. The van der Waals surface area contributed by atoms with Crippen LogP contribution in [0.5, 0.6) is 0 Å². The molecule has 0 unspecified atom stereocenters. The summed E-state index contributed by atoms with van der Waals surface area (Å²) in [6, 6.07) is 0. The number of ether oxygens (including phenoxy) is 1. The molecule has 0 aromatic heterocycles. The van der Waals surface area contributed by atoms with Crippen molar-refractivity contribution in [3.63, 3.8) is 0 Å². The minimum Gasteiger partial charge on any atom is -0.481 e. The smallest absolute Gasteiger partial charge is 0.303 e. The van der Waals surface area contributed by atoms with Crippen LogP contribution in [0.3, 0.4) is 0 Å². The topological polar surface area (TPSA) is 133 Å². The van der Waals surface area contributed by atoms with Crippen molar-refractivity contribution in [2.24, 2.45) is 0 Å². The fourth-order valence-corrected chi connectivity index (χ4v) is 2.56. The summed E-state index contributed by atoms with van der Waals surface area (Å²) < 4.78 is 4.99. The largest absolute Gasteiger partial charge is 0.481 e. The Labute approximate surface area is 163 Å². The zero-order valence-electron chi connectivity index (χ0n) is 16.0. The molecule has 0 aliphatic carbocycles. The maximum atomic E-state index is 12.2. The van der Waals surface area contributed by atoms with Gasteiger partial charge in [0.1, 0.15) is 0 Å². The van der Waals surface area contributed by atoms with E-state index in [4.69, 9.17) is 9.84 Å². The molecule has 1 rings (SSSR count). The number of carbonyl (C=O) groups excluding carboxylic acids is 4. The Morgan fingerprint density at radius 1 is 1.07 bits per heavy atom. The van der Waals surface area contributed by atoms with E-state index in [0.29, 0.717) is 32.7 Å². The van der Waals surface area contributed by atoms with Crippen molar-refractivity contribution in [3.05, 3.63) is 12.2 Å². The maximum Gasteiger partial charge on any atom is 0.303 e. The van der Waals surface area contributed by atoms with Crippen LogP contribution in [-0.2, 0) is 28.7 Å². The van der Waals surface area contributed by atoms with Crippen molar-refractivity contribution < 1.29 is 33.8 Å². The molecule has 0 aromatic carbocycles. The first-order valence-electron chi connectivity index (χ1n) is 9.14. The summed E-state index contributed by atoms with van der Waals surface area (Å²) in [7, 11) is 1.53. The fraction of sp³-hybridized carbons (Fsp3) is 0.611. The third-order valence-corrected chi connectivity index (χ3v) is 4.09. The van der Waals surface area contributed by atoms with Crippen molar-refractivity contribution >= 4 is 29.6 Å². The summed E-state index contributed by atoms with van der Waals surface area (Å²) >= 11 is 0. The van der Waals surface area contributed by atoms with Gasteiger partial charge in [-0.05, 0) is 12.8 Å². The maximum absolute atomic E-state index is 12.2. The van der Waals surface area contributed by atoms with E-state index in [-0.39, 0.29) is 44.0 Å². The molecule has 0 saturated heterocycles. The van der Waals surface area contributed by atoms with E-state index < -0.39 is 17.8 Å². The number of hydrogen-bond donors (Lipinski definition) is 2. The van der Waals surface area contributed by atoms with Crippen molar-refractivity contribution in [2.75, 3.05) is 39.9 Å². The quantitative estimate of drug-likeness (QED) is 0.299. The number of carbonyl (C=O) groups is 5. The third kappa shape index (κ3) is 8.76. The molecule has 0 radical (unpaired) electrons. The van der Waals surface area contributed by atoms with Gasteiger partial charge in [0.15, 0.2) is 0 Å². The molecule has 0 saturated carbocycles. The van der Waals surface area contributed by atoms with Crippen molar-refractivity contribution in [1.82, 2.24) is 15.1 Å². The molecule has 0 fully saturated rings. The van der Waals surface area contributed by atoms with Crippen LogP contribution in [0.25, 0.3) is 0 Å². The van der Waals surface area contributed by atoms with Crippen LogP contribution in [0.4, 0.5) is 0 Å². The van der Waals surface area contributed by atoms with Gasteiger partial charge in [-0.1, -0.05) is 0 Å². The van der Waals surface area contributed by atoms with Crippen LogP contribution in [0.15, 0.2) is 12.2 Å². The molecule has 0 spiro atoms. The van der Waals surface area contributed by atoms with Gasteiger partial charge in [0, 0.05) is 64.7 Å². The molecule has 1 aliphatic rings. The molecule has 0 aromatic rings. The van der Waals surface area contributed by atoms with Gasteiger partial charge in [-0.2, -0.15) is 0 Å². The molecule has 28 heavy (non-hydrogen) atoms. The first-order chi connectivity index (χ1) is 13.3. The summed E-state index contributed by atoms with van der Waals surface area (Å²) in [6.45, 7) is 1.53. The highest BCUT2D eigenvalue weighted by atomic mass is 16.5. The van der Waals surface area contributed by atoms with Gasteiger partial charge in [0.25, 0.3) is 11.8 Å². The van der Waals surface area contributed by atoms with E-state index in [1.54, 1.807) is 4.90 Å². The highest BCUT2D eigenvalue weighted by molar-refractivity contribution is 6.13. The Kier molecular flexibility index (Phi) is 10.5. The Balaban J connectivity index is 2.27. The summed E-state index contributed by atoms with van der Waals surface area (Å²) in [4.78, 5) is 60.0. The van der Waals surface area contributed by atoms with Gasteiger partial charge in [-0.25, -0.2) is 0 Å². The second-order valence-electron chi connectivity index (χ2n) is 6.24. The highest BCUT2D eigenvalue weighted by Crippen LogP contribution is 2.05. The van der Waals surface area contributed by atoms with E-state index in [9.17, 15) is 24.0 Å². The van der Waals surface area contributed by atoms with Gasteiger partial charge in [0.05, 0.1) is 6.61 Å². The lowest BCUT2D eigenvalue weighted by Gasteiger charge is -2.22. The average Bonchev–Trinajstić information content (AvgIpc) is 2.96. The summed E-state index contributed by atoms with van der Waals surface area (Å²) in [5.74, 6) is -2.22. The molecule has 1 heterocycles. The van der Waals surface area contributed by atoms with E-state index in [2.05, 4.69) is 5.32 Å². The summed E-state index contributed by atoms with van der Waals surface area (Å²) in [5, 5.41) is 11.3. The Hall–Kier alpha value is -2.75. The predicted molar refractivity (Wildman–Crippen MR) is 98.0 cm³/mol. The van der Waals surface area contributed by atoms with Crippen LogP contribution < -0.4 is 5.32 Å². The Bertz CT molecular complexity index is 600. The van der Waals surface area contributed by atoms with Crippen LogP contribution in [-0.4, -0.2) is 84.4 Å². The minimum atomic E-state index is -0.938. The Morgan fingerprint density at radius 3 is 2.36 bits per heavy atom. The fourth-order valence-electron chi connectivity index (χ4n) is 2.56. The minimum absolute atomic E-state index is 0.0146. The molecule has 0 bridgehead atoms. The zero-order valence-corrected chi connectivity index (χ0v) is 16.0. The van der Waals surface area contributed by atoms with Crippen LogP contribution >= 0.6 is 0 Å². The summed E-state index contributed by atoms with van der Waals surface area (Å²) in [6.07, 6.45) is 3.23. The van der Waals surface area contributed by atoms with Gasteiger partial charge in [-0.15, -0.1) is 0 Å². The number of amides is 4. The first kappa shape index (κ1) is 23.3. The molecule has 2 N–H and O–H groups in total. The van der Waals surface area contributed by atoms with E-state index in [1.165, 1.54) is 19.3 Å². The Morgan fingerprint density at radius 2 is 1.75 bits per heavy atom. The molecule has 4 amide bonds. The van der Waals surface area contributed by atoms with Crippen LogP contribution in [0.2, 0.25) is 0 Å². The van der Waals surface area contributed by atoms with Crippen molar-refractivity contribution in [2.45, 2.75) is 32.1 Å². The predicted octanol–water partition coefficient (Wildman–Crippen LogP) is -0.462. The van der Waals surface area contributed by atoms with Crippen molar-refractivity contribution in [3.8, 4) is 0 Å². The van der Waals surface area contributed by atoms with Crippen molar-refractivity contribution in [1.29, 1.82) is 0 Å². The number of hydrogen-bond acceptors (Lipinski definition) is 6. The average molecular weight is 397 g/mol. The number of carboxylic acids is 1. The number of nitrogens with one attached hydrogen (secondary N) is 1. The highest BCUT2D eigenvalue weighted by Gasteiger charge is 2.23. The zero-order chi connectivity index (χ0) is 20.9. The van der Waals surface area contributed by atoms with Gasteiger partial charge < -0.3 is 20.1 Å². The standard InChI is InChI=1S/C18H27N3O7/c1-28-13-12-20(15(23)4-2-5-18(26)27)10-3-9-19-14(22)8-11-21-16(24)6-7-17(21)25/h6-7H,2-5,8-13H2,1H3,(H,19,22)(H,26,27). The SMILES string of the molecule is COCCN(CCCNC(=O)CCN1C(=O)C=CC1=O)C(=O)CCCC(=O)O. The van der Waals surface area contributed by atoms with E-state index >= 15 is 0 Å². The number of methoxy groups -OCH3 is 1. The first-order valence-corrected chi connectivity index (χ1v) is 9.14. The number of imide groups is 1. The molecular formula is C18H27N3O7. The molecule has 0 atom stereocenters. The number of nitrogens with zero attached hydrogens (tertiary/aromatic N) is 2. The third-order valence-electron chi connectivity index (χ3n) is 4.09. The number of aliphatic carboxylic acids is 1. The van der Waals surface area contributed by atoms with Crippen LogP contribution in [0.1, 0.15) is 32.1 Å². The molecule has 10 nitrogen and oxygen atoms in total. The molecular weight excluding hydrogens is 370 g/mol. The lowest BCUT2D eigenvalue weighted by atomic mass is 10.2.